The van der Waals surface area contributed by atoms with Crippen LogP contribution in [0, 0.1) is 18.3 Å². The monoisotopic (exact) mass is 475 g/mol. The number of amidine groups is 1. The number of amides is 1. The highest BCUT2D eigenvalue weighted by Gasteiger charge is 2.50. The Balaban J connectivity index is 1.52. The van der Waals surface area contributed by atoms with E-state index in [1.807, 2.05) is 19.3 Å². The Bertz CT molecular complexity index is 1300. The van der Waals surface area contributed by atoms with Crippen LogP contribution in [0.25, 0.3) is 4.85 Å². The number of benzene rings is 2. The third kappa shape index (κ3) is 4.11. The van der Waals surface area contributed by atoms with Gasteiger partial charge in [0.1, 0.15) is 11.4 Å². The number of fused-ring (bicyclic) bond motifs is 1. The van der Waals surface area contributed by atoms with E-state index in [1.165, 1.54) is 23.9 Å². The highest BCUT2D eigenvalue weighted by atomic mass is 32.2. The fraction of sp³-hybridized carbons (Fsp3) is 0.280. The SMILES string of the molecule is [C-]#[N+]c1ccc(F)c([C@]23CO[C@@H](c4cnn(C)c4)C[C@H]2CSC(NC(=O)c2ccccc2)=N3)c1. The molecule has 34 heavy (non-hydrogen) atoms. The number of thioether (sulfide) groups is 1. The van der Waals surface area contributed by atoms with Crippen LogP contribution in [0.4, 0.5) is 10.1 Å². The van der Waals surface area contributed by atoms with Gasteiger partial charge < -0.3 is 10.1 Å². The lowest BCUT2D eigenvalue weighted by molar-refractivity contribution is -0.0588. The number of aliphatic imine (C=N–C) groups is 1. The third-order valence-electron chi connectivity index (χ3n) is 6.30. The summed E-state index contributed by atoms with van der Waals surface area (Å²) >= 11 is 1.44. The Morgan fingerprint density at radius 3 is 2.88 bits per heavy atom. The number of rotatable bonds is 3. The van der Waals surface area contributed by atoms with Crippen LogP contribution in [0.5, 0.6) is 0 Å². The molecule has 0 spiro atoms. The molecule has 1 aromatic heterocycles. The molecule has 1 N–H and O–H groups in total. The van der Waals surface area contributed by atoms with Crippen molar-refractivity contribution >= 4 is 28.5 Å². The normalized spacial score (nSPS) is 24.0. The molecule has 5 rings (SSSR count). The van der Waals surface area contributed by atoms with Crippen LogP contribution in [0.3, 0.4) is 0 Å². The lowest BCUT2D eigenvalue weighted by Crippen LogP contribution is -2.49. The molecule has 1 saturated heterocycles. The van der Waals surface area contributed by atoms with Crippen molar-refractivity contribution in [2.45, 2.75) is 18.1 Å². The molecular weight excluding hydrogens is 453 g/mol. The first-order valence-corrected chi connectivity index (χ1v) is 11.8. The van der Waals surface area contributed by atoms with Crippen molar-refractivity contribution in [3.63, 3.8) is 0 Å². The van der Waals surface area contributed by atoms with Crippen molar-refractivity contribution in [1.29, 1.82) is 0 Å². The van der Waals surface area contributed by atoms with Crippen molar-refractivity contribution in [1.82, 2.24) is 15.1 Å². The number of halogens is 1. The van der Waals surface area contributed by atoms with Crippen molar-refractivity contribution in [3.8, 4) is 0 Å². The first-order valence-electron chi connectivity index (χ1n) is 10.9. The number of hydrogen-bond donors (Lipinski definition) is 1. The topological polar surface area (TPSA) is 72.9 Å². The summed E-state index contributed by atoms with van der Waals surface area (Å²) in [5.74, 6) is -0.161. The average molecular weight is 476 g/mol. The van der Waals surface area contributed by atoms with Crippen molar-refractivity contribution < 1.29 is 13.9 Å². The first kappa shape index (κ1) is 22.3. The summed E-state index contributed by atoms with van der Waals surface area (Å²) in [7, 11) is 1.85. The maximum atomic E-state index is 15.2. The van der Waals surface area contributed by atoms with Gasteiger partial charge >= 0.3 is 0 Å². The molecule has 1 amide bonds. The minimum Gasteiger partial charge on any atom is -0.370 e. The predicted octanol–water partition coefficient (Wildman–Crippen LogP) is 4.62. The standard InChI is InChI=1S/C25H22FN5O2S/c1-27-19-8-9-21(26)20(11-19)25-15-33-22(17-12-28-31(2)13-17)10-18(25)14-34-24(30-25)29-23(32)16-6-4-3-5-7-16/h3-9,11-13,18,22H,10,14-15H2,2H3,(H,29,30,32)/t18-,22+,25-/m0/s1. The molecule has 0 aliphatic carbocycles. The second-order valence-electron chi connectivity index (χ2n) is 8.43. The maximum absolute atomic E-state index is 15.2. The third-order valence-corrected chi connectivity index (χ3v) is 7.34. The van der Waals surface area contributed by atoms with Gasteiger partial charge in [0, 0.05) is 41.6 Å². The van der Waals surface area contributed by atoms with Gasteiger partial charge in [0.2, 0.25) is 0 Å². The number of carbonyl (C=O) groups is 1. The summed E-state index contributed by atoms with van der Waals surface area (Å²) in [5.41, 5.74) is 1.08. The Hall–Kier alpha value is -3.48. The van der Waals surface area contributed by atoms with Gasteiger partial charge in [-0.25, -0.2) is 14.2 Å². The Labute approximate surface area is 200 Å². The number of nitrogens with zero attached hydrogens (tertiary/aromatic N) is 4. The fourth-order valence-corrected chi connectivity index (χ4v) is 5.69. The summed E-state index contributed by atoms with van der Waals surface area (Å²) in [5, 5.41) is 7.54. The molecule has 0 saturated carbocycles. The second-order valence-corrected chi connectivity index (χ2v) is 9.44. The molecule has 172 valence electrons. The van der Waals surface area contributed by atoms with E-state index in [-0.39, 0.29) is 24.5 Å². The van der Waals surface area contributed by atoms with Gasteiger partial charge in [0.15, 0.2) is 10.9 Å². The van der Waals surface area contributed by atoms with E-state index in [4.69, 9.17) is 16.3 Å². The molecule has 0 bridgehead atoms. The summed E-state index contributed by atoms with van der Waals surface area (Å²) in [6.07, 6.45) is 4.13. The largest absolute Gasteiger partial charge is 0.370 e. The molecule has 3 aromatic rings. The van der Waals surface area contributed by atoms with E-state index in [2.05, 4.69) is 15.3 Å². The van der Waals surface area contributed by atoms with Crippen LogP contribution in [0.15, 0.2) is 65.9 Å². The van der Waals surface area contributed by atoms with E-state index in [0.29, 0.717) is 34.2 Å². The summed E-state index contributed by atoms with van der Waals surface area (Å²) < 4.78 is 23.2. The van der Waals surface area contributed by atoms with Crippen LogP contribution in [0.2, 0.25) is 0 Å². The van der Waals surface area contributed by atoms with E-state index in [1.54, 1.807) is 41.2 Å². The fourth-order valence-electron chi connectivity index (χ4n) is 4.52. The van der Waals surface area contributed by atoms with Crippen LogP contribution in [-0.2, 0) is 17.3 Å². The van der Waals surface area contributed by atoms with Crippen LogP contribution >= 0.6 is 11.8 Å². The molecule has 9 heteroatoms. The van der Waals surface area contributed by atoms with E-state index in [0.717, 1.165) is 5.56 Å². The minimum atomic E-state index is -1.05. The Kier molecular flexibility index (Phi) is 5.94. The number of ether oxygens (including phenoxy) is 1. The summed E-state index contributed by atoms with van der Waals surface area (Å²) in [6, 6.07) is 13.2. The van der Waals surface area contributed by atoms with E-state index >= 15 is 4.39 Å². The first-order chi connectivity index (χ1) is 16.5. The van der Waals surface area contributed by atoms with Crippen LogP contribution in [-0.4, -0.2) is 33.2 Å². The maximum Gasteiger partial charge on any atom is 0.257 e. The zero-order valence-corrected chi connectivity index (χ0v) is 19.3. The Morgan fingerprint density at radius 1 is 1.32 bits per heavy atom. The lowest BCUT2D eigenvalue weighted by atomic mass is 9.74. The molecule has 0 radical (unpaired) electrons. The zero-order chi connectivity index (χ0) is 23.7. The second kappa shape index (κ2) is 9.05. The van der Waals surface area contributed by atoms with Gasteiger partial charge in [-0.3, -0.25) is 9.48 Å². The molecule has 0 unspecified atom stereocenters. The van der Waals surface area contributed by atoms with Crippen LogP contribution < -0.4 is 5.32 Å². The smallest absolute Gasteiger partial charge is 0.257 e. The van der Waals surface area contributed by atoms with Gasteiger partial charge in [-0.15, -0.1) is 0 Å². The van der Waals surface area contributed by atoms with Gasteiger partial charge in [0.25, 0.3) is 5.91 Å². The van der Waals surface area contributed by atoms with Crippen LogP contribution in [0.1, 0.15) is 34.0 Å². The zero-order valence-electron chi connectivity index (χ0n) is 18.4. The van der Waals surface area contributed by atoms with Gasteiger partial charge in [-0.05, 0) is 30.7 Å². The van der Waals surface area contributed by atoms with Gasteiger partial charge in [-0.1, -0.05) is 36.0 Å². The number of aryl methyl sites for hydroxylation is 1. The molecule has 7 nitrogen and oxygen atoms in total. The lowest BCUT2D eigenvalue weighted by Gasteiger charge is -2.46. The number of aromatic nitrogens is 2. The molecule has 2 aromatic carbocycles. The number of carbonyl (C=O) groups excluding carboxylic acids is 1. The summed E-state index contributed by atoms with van der Waals surface area (Å²) in [6.45, 7) is 7.52. The van der Waals surface area contributed by atoms with E-state index < -0.39 is 11.4 Å². The summed E-state index contributed by atoms with van der Waals surface area (Å²) in [4.78, 5) is 21.1. The molecule has 1 fully saturated rings. The van der Waals surface area contributed by atoms with E-state index in [9.17, 15) is 4.79 Å². The highest BCUT2D eigenvalue weighted by molar-refractivity contribution is 8.13. The number of nitrogens with one attached hydrogen (secondary N) is 1. The van der Waals surface area contributed by atoms with Crippen molar-refractivity contribution in [2.75, 3.05) is 12.4 Å². The molecule has 2 aliphatic rings. The van der Waals surface area contributed by atoms with Gasteiger partial charge in [0.05, 0.1) is 25.5 Å². The van der Waals surface area contributed by atoms with Crippen molar-refractivity contribution in [3.05, 3.63) is 94.8 Å². The highest BCUT2D eigenvalue weighted by Crippen LogP contribution is 2.50. The molecule has 3 heterocycles. The predicted molar refractivity (Wildman–Crippen MR) is 128 cm³/mol. The van der Waals surface area contributed by atoms with Gasteiger partial charge in [-0.2, -0.15) is 5.10 Å². The quantitative estimate of drug-likeness (QED) is 0.562. The molecular formula is C25H22FN5O2S. The molecule has 2 aliphatic heterocycles. The average Bonchev–Trinajstić information content (AvgIpc) is 3.30. The molecule has 3 atom stereocenters. The van der Waals surface area contributed by atoms with Crippen molar-refractivity contribution in [2.24, 2.45) is 18.0 Å². The Morgan fingerprint density at radius 2 is 2.15 bits per heavy atom. The number of hydrogen-bond acceptors (Lipinski definition) is 5. The minimum absolute atomic E-state index is 0.0654.